The van der Waals surface area contributed by atoms with Gasteiger partial charge < -0.3 is 5.11 Å². The maximum absolute atomic E-state index is 11.4. The van der Waals surface area contributed by atoms with E-state index in [-0.39, 0.29) is 5.69 Å². The first-order valence-electron chi connectivity index (χ1n) is 7.89. The van der Waals surface area contributed by atoms with Crippen LogP contribution in [0.3, 0.4) is 0 Å². The van der Waals surface area contributed by atoms with E-state index in [0.717, 1.165) is 5.56 Å². The van der Waals surface area contributed by atoms with Crippen molar-refractivity contribution in [3.63, 3.8) is 0 Å². The van der Waals surface area contributed by atoms with Crippen molar-refractivity contribution in [2.75, 3.05) is 6.26 Å². The van der Waals surface area contributed by atoms with E-state index in [1.807, 2.05) is 42.8 Å². The van der Waals surface area contributed by atoms with Gasteiger partial charge in [0.05, 0.1) is 17.1 Å². The lowest BCUT2D eigenvalue weighted by Gasteiger charge is -2.08. The van der Waals surface area contributed by atoms with Crippen LogP contribution in [0.25, 0.3) is 16.9 Å². The first-order chi connectivity index (χ1) is 13.1. The van der Waals surface area contributed by atoms with E-state index in [1.165, 1.54) is 11.8 Å². The van der Waals surface area contributed by atoms with Crippen molar-refractivity contribution >= 4 is 28.6 Å². The number of rotatable bonds is 4. The number of nitrogens with zero attached hydrogens (tertiary/aromatic N) is 4. The molecule has 134 valence electrons. The molecule has 1 heterocycles. The molecule has 27 heavy (non-hydrogen) atoms. The molecule has 0 unspecified atom stereocenters. The molecule has 0 aliphatic carbocycles. The summed E-state index contributed by atoms with van der Waals surface area (Å²) in [5.74, 6) is -1.08. The van der Waals surface area contributed by atoms with Gasteiger partial charge in [0, 0.05) is 5.56 Å². The minimum absolute atomic E-state index is 0.0289. The maximum Gasteiger partial charge on any atom is 0.356 e. The van der Waals surface area contributed by atoms with Gasteiger partial charge >= 0.3 is 5.97 Å². The summed E-state index contributed by atoms with van der Waals surface area (Å²) in [6.45, 7) is 0. The van der Waals surface area contributed by atoms with Crippen LogP contribution in [-0.4, -0.2) is 32.3 Å². The molecule has 0 radical (unpaired) electrons. The summed E-state index contributed by atoms with van der Waals surface area (Å²) in [5.41, 5.74) is 2.89. The van der Waals surface area contributed by atoms with Crippen molar-refractivity contribution in [3.8, 4) is 23.1 Å². The number of amidine groups is 1. The van der Waals surface area contributed by atoms with Gasteiger partial charge in [0.25, 0.3) is 0 Å². The number of benzene rings is 2. The molecule has 1 aromatic heterocycles. The normalized spacial score (nSPS) is 11.0. The minimum atomic E-state index is -1.08. The van der Waals surface area contributed by atoms with Crippen LogP contribution in [0.15, 0.2) is 65.7 Å². The third kappa shape index (κ3) is 4.16. The standard InChI is InChI=1S/C19H15N5O2S/c1-27-19(21-12-20)22-14-7-9-15(10-8-14)24-17(11-16(23-24)18(25)26)13-5-3-2-4-6-13/h2-11H,1H3,(H,21,22)(H,25,26). The molecule has 0 saturated heterocycles. The van der Waals surface area contributed by atoms with E-state index in [9.17, 15) is 9.90 Å². The third-order valence-electron chi connectivity index (χ3n) is 3.68. The van der Waals surface area contributed by atoms with Crippen molar-refractivity contribution < 1.29 is 9.90 Å². The Morgan fingerprint density at radius 3 is 2.52 bits per heavy atom. The van der Waals surface area contributed by atoms with E-state index in [0.29, 0.717) is 22.2 Å². The molecule has 0 fully saturated rings. The molecule has 3 rings (SSSR count). The third-order valence-corrected chi connectivity index (χ3v) is 4.26. The lowest BCUT2D eigenvalue weighted by Crippen LogP contribution is -2.12. The Hall–Kier alpha value is -3.57. The van der Waals surface area contributed by atoms with Crippen molar-refractivity contribution in [3.05, 3.63) is 66.4 Å². The van der Waals surface area contributed by atoms with Gasteiger partial charge in [0.1, 0.15) is 0 Å². The molecule has 0 saturated carbocycles. The average Bonchev–Trinajstić information content (AvgIpc) is 3.15. The Morgan fingerprint density at radius 1 is 1.22 bits per heavy atom. The Bertz CT molecular complexity index is 1020. The fourth-order valence-corrected chi connectivity index (χ4v) is 2.80. The van der Waals surface area contributed by atoms with E-state index in [4.69, 9.17) is 5.26 Å². The number of carbonyl (C=O) groups is 1. The predicted molar refractivity (Wildman–Crippen MR) is 105 cm³/mol. The van der Waals surface area contributed by atoms with Crippen LogP contribution in [0.4, 0.5) is 5.69 Å². The lowest BCUT2D eigenvalue weighted by atomic mass is 10.1. The molecule has 0 bridgehead atoms. The molecule has 0 amide bonds. The highest BCUT2D eigenvalue weighted by Crippen LogP contribution is 2.25. The zero-order valence-corrected chi connectivity index (χ0v) is 15.1. The second-order valence-electron chi connectivity index (χ2n) is 5.37. The molecule has 0 spiro atoms. The first-order valence-corrected chi connectivity index (χ1v) is 9.12. The summed E-state index contributed by atoms with van der Waals surface area (Å²) in [6.07, 6.45) is 3.66. The Balaban J connectivity index is 2.01. The molecule has 3 aromatic rings. The molecular formula is C19H15N5O2S. The van der Waals surface area contributed by atoms with Gasteiger partial charge in [-0.2, -0.15) is 10.4 Å². The molecule has 8 heteroatoms. The van der Waals surface area contributed by atoms with E-state index in [2.05, 4.69) is 15.4 Å². The van der Waals surface area contributed by atoms with Gasteiger partial charge in [-0.25, -0.2) is 14.5 Å². The fraction of sp³-hybridized carbons (Fsp3) is 0.0526. The average molecular weight is 377 g/mol. The number of carboxylic acid groups (broad SMARTS) is 1. The van der Waals surface area contributed by atoms with Gasteiger partial charge in [0.15, 0.2) is 17.1 Å². The first kappa shape index (κ1) is 18.2. The van der Waals surface area contributed by atoms with Crippen molar-refractivity contribution in [2.24, 2.45) is 4.99 Å². The van der Waals surface area contributed by atoms with Crippen molar-refractivity contribution in [2.45, 2.75) is 0 Å². The molecule has 0 aliphatic heterocycles. The zero-order chi connectivity index (χ0) is 19.2. The summed E-state index contributed by atoms with van der Waals surface area (Å²) < 4.78 is 1.59. The van der Waals surface area contributed by atoms with Gasteiger partial charge in [-0.15, -0.1) is 0 Å². The van der Waals surface area contributed by atoms with Crippen LogP contribution in [0, 0.1) is 11.5 Å². The minimum Gasteiger partial charge on any atom is -0.476 e. The maximum atomic E-state index is 11.4. The Labute approximate surface area is 160 Å². The number of thioether (sulfide) groups is 1. The summed E-state index contributed by atoms with van der Waals surface area (Å²) in [4.78, 5) is 15.7. The van der Waals surface area contributed by atoms with Crippen molar-refractivity contribution in [1.82, 2.24) is 15.1 Å². The number of aliphatic imine (C=N–C) groups is 1. The summed E-state index contributed by atoms with van der Waals surface area (Å²) >= 11 is 1.33. The van der Waals surface area contributed by atoms with Gasteiger partial charge in [-0.05, 0) is 36.6 Å². The number of hydrogen-bond acceptors (Lipinski definition) is 5. The summed E-state index contributed by atoms with van der Waals surface area (Å²) in [7, 11) is 0. The number of aromatic nitrogens is 2. The van der Waals surface area contributed by atoms with Crippen LogP contribution in [0.5, 0.6) is 0 Å². The van der Waals surface area contributed by atoms with Crippen LogP contribution < -0.4 is 5.32 Å². The molecule has 7 nitrogen and oxygen atoms in total. The molecule has 2 aromatic carbocycles. The highest BCUT2D eigenvalue weighted by Gasteiger charge is 2.15. The van der Waals surface area contributed by atoms with E-state index >= 15 is 0 Å². The molecular weight excluding hydrogens is 362 g/mol. The second kappa shape index (κ2) is 8.21. The van der Waals surface area contributed by atoms with Gasteiger partial charge in [-0.1, -0.05) is 42.1 Å². The van der Waals surface area contributed by atoms with Gasteiger partial charge in [-0.3, -0.25) is 5.32 Å². The Kier molecular flexibility index (Phi) is 5.54. The van der Waals surface area contributed by atoms with E-state index < -0.39 is 5.97 Å². The molecule has 0 aliphatic rings. The zero-order valence-electron chi connectivity index (χ0n) is 14.3. The van der Waals surface area contributed by atoms with Crippen molar-refractivity contribution in [1.29, 1.82) is 5.26 Å². The number of aromatic carboxylic acids is 1. The van der Waals surface area contributed by atoms with Gasteiger partial charge in [0.2, 0.25) is 0 Å². The summed E-state index contributed by atoms with van der Waals surface area (Å²) in [6, 6.07) is 18.2. The van der Waals surface area contributed by atoms with Crippen LogP contribution in [-0.2, 0) is 0 Å². The number of nitriles is 1. The lowest BCUT2D eigenvalue weighted by molar-refractivity contribution is 0.0690. The quantitative estimate of drug-likeness (QED) is 0.311. The molecule has 0 atom stereocenters. The topological polar surface area (TPSA) is 103 Å². The summed E-state index contributed by atoms with van der Waals surface area (Å²) in [5, 5.41) is 25.2. The highest BCUT2D eigenvalue weighted by molar-refractivity contribution is 8.13. The highest BCUT2D eigenvalue weighted by atomic mass is 32.2. The predicted octanol–water partition coefficient (Wildman–Crippen LogP) is 3.66. The number of hydrogen-bond donors (Lipinski definition) is 2. The number of nitrogens with one attached hydrogen (secondary N) is 1. The smallest absolute Gasteiger partial charge is 0.356 e. The second-order valence-corrected chi connectivity index (χ2v) is 6.17. The molecule has 2 N–H and O–H groups in total. The van der Waals surface area contributed by atoms with Crippen LogP contribution in [0.2, 0.25) is 0 Å². The van der Waals surface area contributed by atoms with E-state index in [1.54, 1.807) is 35.0 Å². The van der Waals surface area contributed by atoms with Crippen LogP contribution in [0.1, 0.15) is 10.5 Å². The monoisotopic (exact) mass is 377 g/mol. The van der Waals surface area contributed by atoms with Crippen LogP contribution >= 0.6 is 11.8 Å². The number of carboxylic acids is 1. The Morgan fingerprint density at radius 2 is 1.93 bits per heavy atom. The largest absolute Gasteiger partial charge is 0.476 e. The SMILES string of the molecule is CSC(=Nc1ccc(-n2nc(C(=O)O)cc2-c2ccccc2)cc1)NC#N. The fourth-order valence-electron chi connectivity index (χ4n) is 2.46.